The quantitative estimate of drug-likeness (QED) is 0.239. The lowest BCUT2D eigenvalue weighted by Gasteiger charge is -2.10. The van der Waals surface area contributed by atoms with Gasteiger partial charge in [0.2, 0.25) is 0 Å². The van der Waals surface area contributed by atoms with Crippen LogP contribution in [0.1, 0.15) is 25.7 Å². The van der Waals surface area contributed by atoms with E-state index in [1.54, 1.807) is 12.2 Å². The molecule has 0 spiro atoms. The molecule has 0 aliphatic carbocycles. The van der Waals surface area contributed by atoms with Gasteiger partial charge in [-0.1, -0.05) is 50.1 Å². The van der Waals surface area contributed by atoms with Crippen molar-refractivity contribution in [3.8, 4) is 0 Å². The predicted molar refractivity (Wildman–Crippen MR) is 88.2 cm³/mol. The van der Waals surface area contributed by atoms with E-state index in [0.29, 0.717) is 6.42 Å². The van der Waals surface area contributed by atoms with E-state index in [1.807, 2.05) is 12.2 Å². The van der Waals surface area contributed by atoms with E-state index in [2.05, 4.69) is 25.8 Å². The lowest BCUT2D eigenvalue weighted by atomic mass is 10.1. The predicted octanol–water partition coefficient (Wildman–Crippen LogP) is 3.67. The summed E-state index contributed by atoms with van der Waals surface area (Å²) in [6, 6.07) is 0. The highest BCUT2D eigenvalue weighted by molar-refractivity contribution is 5.81. The highest BCUT2D eigenvalue weighted by Gasteiger charge is 2.06. The first kappa shape index (κ1) is 19.6. The second-order valence-corrected chi connectivity index (χ2v) is 4.35. The molecule has 1 atom stereocenters. The van der Waals surface area contributed by atoms with Crippen molar-refractivity contribution in [3.05, 3.63) is 62.3 Å². The van der Waals surface area contributed by atoms with Crippen LogP contribution in [0.3, 0.4) is 0 Å². The zero-order chi connectivity index (χ0) is 16.6. The summed E-state index contributed by atoms with van der Waals surface area (Å²) < 4.78 is 9.88. The van der Waals surface area contributed by atoms with E-state index in [0.717, 1.165) is 31.4 Å². The molecule has 1 unspecified atom stereocenters. The van der Waals surface area contributed by atoms with E-state index in [-0.39, 0.29) is 12.7 Å². The highest BCUT2D eigenvalue weighted by Crippen LogP contribution is 2.06. The fourth-order valence-corrected chi connectivity index (χ4v) is 1.49. The zero-order valence-corrected chi connectivity index (χ0v) is 12.9. The van der Waals surface area contributed by atoms with Crippen molar-refractivity contribution in [1.29, 1.82) is 0 Å². The molecule has 0 saturated heterocycles. The molecule has 0 radical (unpaired) electrons. The number of rotatable bonds is 12. The molecule has 0 N–H and O–H groups in total. The maximum Gasteiger partial charge on any atom is 0.330 e. The lowest BCUT2D eigenvalue weighted by molar-refractivity contribution is -0.141. The van der Waals surface area contributed by atoms with Crippen molar-refractivity contribution >= 4 is 11.9 Å². The van der Waals surface area contributed by atoms with Gasteiger partial charge >= 0.3 is 11.9 Å². The fraction of sp³-hybridized carbons (Fsp3) is 0.333. The molecule has 0 aromatic rings. The molecule has 0 amide bonds. The minimum Gasteiger partial charge on any atom is -0.458 e. The Kier molecular flexibility index (Phi) is 12.2. The Hall–Kier alpha value is -2.36. The SMILES string of the molecule is C=CC(=O)OC/C=C/CC/C=C\CCC(C=C)OC(=O)C=C. The van der Waals surface area contributed by atoms with Gasteiger partial charge in [0.05, 0.1) is 0 Å². The van der Waals surface area contributed by atoms with Gasteiger partial charge < -0.3 is 9.47 Å². The summed E-state index contributed by atoms with van der Waals surface area (Å²) >= 11 is 0. The van der Waals surface area contributed by atoms with Crippen molar-refractivity contribution in [1.82, 2.24) is 0 Å². The maximum absolute atomic E-state index is 11.1. The Morgan fingerprint density at radius 1 is 0.864 bits per heavy atom. The van der Waals surface area contributed by atoms with Gasteiger partial charge in [-0.2, -0.15) is 0 Å². The molecule has 0 bridgehead atoms. The standard InChI is InChI=1S/C18H24O4/c1-4-16(22-18(20)6-3)14-12-10-8-7-9-11-13-15-21-17(19)5-2/h4-6,8,10-11,13,16H,1-3,7,9,12,14-15H2/b10-8-,13-11+. The molecule has 0 aliphatic heterocycles. The number of allylic oxidation sites excluding steroid dienone is 3. The fourth-order valence-electron chi connectivity index (χ4n) is 1.49. The number of unbranched alkanes of at least 4 members (excludes halogenated alkanes) is 1. The molecule has 4 nitrogen and oxygen atoms in total. The number of carbonyl (C=O) groups excluding carboxylic acids is 2. The molecule has 0 aliphatic rings. The second-order valence-electron chi connectivity index (χ2n) is 4.35. The van der Waals surface area contributed by atoms with Gasteiger partial charge in [0.25, 0.3) is 0 Å². The molecule has 22 heavy (non-hydrogen) atoms. The van der Waals surface area contributed by atoms with Crippen LogP contribution in [0.15, 0.2) is 62.3 Å². The van der Waals surface area contributed by atoms with Crippen LogP contribution in [-0.4, -0.2) is 24.6 Å². The Bertz CT molecular complexity index is 432. The molecule has 0 fully saturated rings. The molecular formula is C18H24O4. The van der Waals surface area contributed by atoms with Gasteiger partial charge in [-0.25, -0.2) is 9.59 Å². The van der Waals surface area contributed by atoms with Crippen molar-refractivity contribution in [3.63, 3.8) is 0 Å². The Morgan fingerprint density at radius 2 is 1.45 bits per heavy atom. The Labute approximate surface area is 132 Å². The minimum atomic E-state index is -0.434. The van der Waals surface area contributed by atoms with E-state index in [9.17, 15) is 9.59 Å². The molecule has 0 aromatic carbocycles. The first-order chi connectivity index (χ1) is 10.6. The van der Waals surface area contributed by atoms with E-state index in [4.69, 9.17) is 9.47 Å². The number of carbonyl (C=O) groups is 2. The van der Waals surface area contributed by atoms with Gasteiger partial charge in [-0.15, -0.1) is 0 Å². The molecule has 0 saturated carbocycles. The third-order valence-electron chi connectivity index (χ3n) is 2.64. The van der Waals surface area contributed by atoms with Gasteiger partial charge in [0.15, 0.2) is 0 Å². The van der Waals surface area contributed by atoms with Gasteiger partial charge in [-0.05, 0) is 25.7 Å². The van der Waals surface area contributed by atoms with Crippen LogP contribution in [-0.2, 0) is 19.1 Å². The molecular weight excluding hydrogens is 280 g/mol. The van der Waals surface area contributed by atoms with Gasteiger partial charge in [0.1, 0.15) is 12.7 Å². The van der Waals surface area contributed by atoms with Crippen LogP contribution in [0.4, 0.5) is 0 Å². The first-order valence-electron chi connectivity index (χ1n) is 7.18. The summed E-state index contributed by atoms with van der Waals surface area (Å²) in [5.74, 6) is -0.852. The van der Waals surface area contributed by atoms with E-state index < -0.39 is 11.9 Å². The summed E-state index contributed by atoms with van der Waals surface area (Å²) in [7, 11) is 0. The third-order valence-corrected chi connectivity index (χ3v) is 2.64. The molecule has 0 heterocycles. The Morgan fingerprint density at radius 3 is 2.05 bits per heavy atom. The first-order valence-corrected chi connectivity index (χ1v) is 7.18. The number of esters is 2. The van der Waals surface area contributed by atoms with E-state index >= 15 is 0 Å². The van der Waals surface area contributed by atoms with Crippen LogP contribution in [0.25, 0.3) is 0 Å². The number of hydrogen-bond donors (Lipinski definition) is 0. The van der Waals surface area contributed by atoms with Crippen LogP contribution < -0.4 is 0 Å². The topological polar surface area (TPSA) is 52.6 Å². The zero-order valence-electron chi connectivity index (χ0n) is 12.9. The highest BCUT2D eigenvalue weighted by atomic mass is 16.5. The average molecular weight is 304 g/mol. The molecule has 0 aromatic heterocycles. The second kappa shape index (κ2) is 13.6. The normalized spacial score (nSPS) is 12.0. The summed E-state index contributed by atoms with van der Waals surface area (Å²) in [4.78, 5) is 21.8. The van der Waals surface area contributed by atoms with Gasteiger partial charge in [-0.3, -0.25) is 0 Å². The van der Waals surface area contributed by atoms with Gasteiger partial charge in [0, 0.05) is 12.2 Å². The molecule has 0 rings (SSSR count). The lowest BCUT2D eigenvalue weighted by Crippen LogP contribution is -2.13. The van der Waals surface area contributed by atoms with E-state index in [1.165, 1.54) is 0 Å². The smallest absolute Gasteiger partial charge is 0.330 e. The molecule has 4 heteroatoms. The van der Waals surface area contributed by atoms with Crippen LogP contribution in [0.5, 0.6) is 0 Å². The van der Waals surface area contributed by atoms with Crippen LogP contribution in [0, 0.1) is 0 Å². The summed E-state index contributed by atoms with van der Waals surface area (Å²) in [5, 5.41) is 0. The summed E-state index contributed by atoms with van der Waals surface area (Å²) in [6.07, 6.45) is 14.8. The number of hydrogen-bond acceptors (Lipinski definition) is 4. The maximum atomic E-state index is 11.1. The summed E-state index contributed by atoms with van der Waals surface area (Å²) in [6.45, 7) is 10.6. The average Bonchev–Trinajstić information content (AvgIpc) is 2.54. The number of ether oxygens (including phenoxy) is 2. The molecule has 120 valence electrons. The van der Waals surface area contributed by atoms with Crippen molar-refractivity contribution < 1.29 is 19.1 Å². The largest absolute Gasteiger partial charge is 0.458 e. The minimum absolute atomic E-state index is 0.268. The monoisotopic (exact) mass is 304 g/mol. The summed E-state index contributed by atoms with van der Waals surface area (Å²) in [5.41, 5.74) is 0. The Balaban J connectivity index is 3.69. The van der Waals surface area contributed by atoms with Crippen LogP contribution in [0.2, 0.25) is 0 Å². The third kappa shape index (κ3) is 11.5. The van der Waals surface area contributed by atoms with Crippen LogP contribution >= 0.6 is 0 Å². The van der Waals surface area contributed by atoms with Crippen molar-refractivity contribution in [2.45, 2.75) is 31.8 Å². The van der Waals surface area contributed by atoms with Crippen molar-refractivity contribution in [2.75, 3.05) is 6.61 Å². The van der Waals surface area contributed by atoms with Crippen molar-refractivity contribution in [2.24, 2.45) is 0 Å².